The highest BCUT2D eigenvalue weighted by Gasteiger charge is 2.22. The Balaban J connectivity index is 1.94. The molecule has 17 heavy (non-hydrogen) atoms. The molecule has 0 bridgehead atoms. The van der Waals surface area contributed by atoms with Gasteiger partial charge in [0.2, 0.25) is 0 Å². The number of Topliss-reactive ketones (excluding diaryl/α,β-unsaturated/α-hetero) is 1. The third kappa shape index (κ3) is 6.21. The van der Waals surface area contributed by atoms with Crippen molar-refractivity contribution in [2.75, 3.05) is 19.6 Å². The van der Waals surface area contributed by atoms with E-state index in [0.717, 1.165) is 19.5 Å². The van der Waals surface area contributed by atoms with Crippen molar-refractivity contribution in [3.63, 3.8) is 0 Å². The molecule has 1 rings (SSSR count). The Morgan fingerprint density at radius 3 is 2.41 bits per heavy atom. The van der Waals surface area contributed by atoms with Crippen molar-refractivity contribution in [3.05, 3.63) is 0 Å². The molecule has 0 aromatic rings. The Labute approximate surface area is 107 Å². The van der Waals surface area contributed by atoms with Gasteiger partial charge in [-0.2, -0.15) is 0 Å². The summed E-state index contributed by atoms with van der Waals surface area (Å²) >= 11 is 0. The van der Waals surface area contributed by atoms with Gasteiger partial charge in [0.05, 0.1) is 0 Å². The van der Waals surface area contributed by atoms with Gasteiger partial charge in [0.1, 0.15) is 5.78 Å². The largest absolute Gasteiger partial charge is 0.302 e. The first-order valence-corrected chi connectivity index (χ1v) is 7.49. The van der Waals surface area contributed by atoms with Crippen molar-refractivity contribution in [3.8, 4) is 0 Å². The van der Waals surface area contributed by atoms with Crippen LogP contribution in [0.25, 0.3) is 0 Å². The molecule has 1 aliphatic rings. The van der Waals surface area contributed by atoms with Gasteiger partial charge in [0, 0.05) is 25.4 Å². The highest BCUT2D eigenvalue weighted by atomic mass is 16.1. The van der Waals surface area contributed by atoms with Crippen molar-refractivity contribution >= 4 is 5.78 Å². The predicted molar refractivity (Wildman–Crippen MR) is 73.2 cm³/mol. The fraction of sp³-hybridized carbons (Fsp3) is 0.933. The van der Waals surface area contributed by atoms with E-state index in [1.165, 1.54) is 51.5 Å². The minimum absolute atomic E-state index is 0.272. The van der Waals surface area contributed by atoms with Crippen LogP contribution in [-0.4, -0.2) is 30.3 Å². The van der Waals surface area contributed by atoms with E-state index >= 15 is 0 Å². The zero-order valence-electron chi connectivity index (χ0n) is 11.7. The lowest BCUT2D eigenvalue weighted by Gasteiger charge is -2.29. The standard InChI is InChI=1S/C15H29NO/c1-3-4-5-6-7-8-9-11-16-12-10-15(17)14(2)13-16/h14H,3-13H2,1-2H3. The van der Waals surface area contributed by atoms with Crippen LogP contribution in [0.1, 0.15) is 65.2 Å². The molecule has 0 spiro atoms. The second kappa shape index (κ2) is 8.68. The quantitative estimate of drug-likeness (QED) is 0.603. The Hall–Kier alpha value is -0.370. The Morgan fingerprint density at radius 2 is 1.76 bits per heavy atom. The normalized spacial score (nSPS) is 22.0. The van der Waals surface area contributed by atoms with Crippen LogP contribution >= 0.6 is 0 Å². The summed E-state index contributed by atoms with van der Waals surface area (Å²) in [6.45, 7) is 7.52. The number of piperidine rings is 1. The van der Waals surface area contributed by atoms with E-state index in [1.54, 1.807) is 0 Å². The highest BCUT2D eigenvalue weighted by molar-refractivity contribution is 5.81. The number of nitrogens with zero attached hydrogens (tertiary/aromatic N) is 1. The Morgan fingerprint density at radius 1 is 1.12 bits per heavy atom. The maximum Gasteiger partial charge on any atom is 0.138 e. The van der Waals surface area contributed by atoms with E-state index in [4.69, 9.17) is 0 Å². The van der Waals surface area contributed by atoms with Gasteiger partial charge in [0.15, 0.2) is 0 Å². The van der Waals surface area contributed by atoms with E-state index in [2.05, 4.69) is 18.7 Å². The maximum absolute atomic E-state index is 11.4. The first kappa shape index (κ1) is 14.7. The molecule has 100 valence electrons. The van der Waals surface area contributed by atoms with Crippen LogP contribution in [0.2, 0.25) is 0 Å². The lowest BCUT2D eigenvalue weighted by atomic mass is 9.98. The van der Waals surface area contributed by atoms with E-state index in [9.17, 15) is 4.79 Å². The molecular weight excluding hydrogens is 210 g/mol. The third-order valence-corrected chi connectivity index (χ3v) is 3.83. The molecule has 0 aromatic carbocycles. The van der Waals surface area contributed by atoms with E-state index in [1.807, 2.05) is 0 Å². The van der Waals surface area contributed by atoms with Crippen LogP contribution in [-0.2, 0) is 4.79 Å². The lowest BCUT2D eigenvalue weighted by molar-refractivity contribution is -0.125. The number of rotatable bonds is 8. The zero-order chi connectivity index (χ0) is 12.5. The van der Waals surface area contributed by atoms with Gasteiger partial charge >= 0.3 is 0 Å². The summed E-state index contributed by atoms with van der Waals surface area (Å²) in [7, 11) is 0. The van der Waals surface area contributed by atoms with Crippen molar-refractivity contribution in [1.82, 2.24) is 4.90 Å². The molecule has 0 N–H and O–H groups in total. The molecule has 0 aliphatic carbocycles. The minimum Gasteiger partial charge on any atom is -0.302 e. The molecule has 2 heteroatoms. The predicted octanol–water partition coefficient (Wildman–Crippen LogP) is 3.65. The summed E-state index contributed by atoms with van der Waals surface area (Å²) in [4.78, 5) is 13.9. The number of likely N-dealkylation sites (tertiary alicyclic amines) is 1. The molecule has 1 unspecified atom stereocenters. The van der Waals surface area contributed by atoms with Crippen molar-refractivity contribution in [2.45, 2.75) is 65.2 Å². The number of hydrogen-bond donors (Lipinski definition) is 0. The Bertz CT molecular complexity index is 215. The zero-order valence-corrected chi connectivity index (χ0v) is 11.7. The molecule has 1 heterocycles. The average molecular weight is 239 g/mol. The molecule has 1 fully saturated rings. The maximum atomic E-state index is 11.4. The summed E-state index contributed by atoms with van der Waals surface area (Å²) in [6.07, 6.45) is 10.4. The van der Waals surface area contributed by atoms with Gasteiger partial charge in [-0.3, -0.25) is 4.79 Å². The summed E-state index contributed by atoms with van der Waals surface area (Å²) in [5.41, 5.74) is 0. The second-order valence-electron chi connectivity index (χ2n) is 5.54. The van der Waals surface area contributed by atoms with Gasteiger partial charge in [-0.25, -0.2) is 0 Å². The summed E-state index contributed by atoms with van der Waals surface area (Å²) in [6, 6.07) is 0. The monoisotopic (exact) mass is 239 g/mol. The summed E-state index contributed by atoms with van der Waals surface area (Å²) in [5, 5.41) is 0. The van der Waals surface area contributed by atoms with E-state index in [-0.39, 0.29) is 5.92 Å². The van der Waals surface area contributed by atoms with Gasteiger partial charge < -0.3 is 4.90 Å². The van der Waals surface area contributed by atoms with Crippen molar-refractivity contribution < 1.29 is 4.79 Å². The van der Waals surface area contributed by atoms with Gasteiger partial charge in [-0.05, 0) is 13.0 Å². The molecule has 0 amide bonds. The van der Waals surface area contributed by atoms with Crippen LogP contribution in [0.15, 0.2) is 0 Å². The van der Waals surface area contributed by atoms with E-state index in [0.29, 0.717) is 5.78 Å². The molecule has 0 radical (unpaired) electrons. The van der Waals surface area contributed by atoms with Crippen LogP contribution in [0, 0.1) is 5.92 Å². The van der Waals surface area contributed by atoms with Crippen LogP contribution in [0.5, 0.6) is 0 Å². The molecule has 0 saturated carbocycles. The lowest BCUT2D eigenvalue weighted by Crippen LogP contribution is -2.39. The van der Waals surface area contributed by atoms with Gasteiger partial charge in [0.25, 0.3) is 0 Å². The molecular formula is C15H29NO. The van der Waals surface area contributed by atoms with Crippen LogP contribution in [0.4, 0.5) is 0 Å². The summed E-state index contributed by atoms with van der Waals surface area (Å²) in [5.74, 6) is 0.731. The number of hydrogen-bond acceptors (Lipinski definition) is 2. The van der Waals surface area contributed by atoms with Crippen LogP contribution in [0.3, 0.4) is 0 Å². The van der Waals surface area contributed by atoms with Crippen molar-refractivity contribution in [1.29, 1.82) is 0 Å². The molecule has 1 atom stereocenters. The summed E-state index contributed by atoms with van der Waals surface area (Å²) < 4.78 is 0. The van der Waals surface area contributed by atoms with E-state index < -0.39 is 0 Å². The molecule has 0 aromatic heterocycles. The van der Waals surface area contributed by atoms with Crippen LogP contribution < -0.4 is 0 Å². The number of unbranched alkanes of at least 4 members (excludes halogenated alkanes) is 6. The number of carbonyl (C=O) groups is 1. The average Bonchev–Trinajstić information content (AvgIpc) is 2.32. The number of carbonyl (C=O) groups excluding carboxylic acids is 1. The van der Waals surface area contributed by atoms with Crippen molar-refractivity contribution in [2.24, 2.45) is 5.92 Å². The topological polar surface area (TPSA) is 20.3 Å². The van der Waals surface area contributed by atoms with Gasteiger partial charge in [-0.15, -0.1) is 0 Å². The second-order valence-corrected chi connectivity index (χ2v) is 5.54. The molecule has 1 aliphatic heterocycles. The fourth-order valence-corrected chi connectivity index (χ4v) is 2.59. The number of ketones is 1. The van der Waals surface area contributed by atoms with Gasteiger partial charge in [-0.1, -0.05) is 52.4 Å². The highest BCUT2D eigenvalue weighted by Crippen LogP contribution is 2.14. The first-order valence-electron chi connectivity index (χ1n) is 7.49. The third-order valence-electron chi connectivity index (χ3n) is 3.83. The first-order chi connectivity index (χ1) is 8.24. The Kier molecular flexibility index (Phi) is 7.50. The smallest absolute Gasteiger partial charge is 0.138 e. The SMILES string of the molecule is CCCCCCCCCN1CCC(=O)C(C)C1. The fourth-order valence-electron chi connectivity index (χ4n) is 2.59. The molecule has 2 nitrogen and oxygen atoms in total. The minimum atomic E-state index is 0.272. The molecule has 1 saturated heterocycles.